The summed E-state index contributed by atoms with van der Waals surface area (Å²) in [6, 6.07) is 18.8. The summed E-state index contributed by atoms with van der Waals surface area (Å²) in [5.41, 5.74) is 0.239. The largest absolute Gasteiger partial charge is 0.437 e. The first-order valence-corrected chi connectivity index (χ1v) is 11.0. The molecule has 1 heterocycles. The number of benzene rings is 3. The lowest BCUT2D eigenvalue weighted by atomic mass is 10.1. The highest BCUT2D eigenvalue weighted by atomic mass is 79.9. The predicted octanol–water partition coefficient (Wildman–Crippen LogP) is 6.23. The third-order valence-corrected chi connectivity index (χ3v) is 5.64. The number of fused-ring (bicyclic) bond motifs is 1. The fourth-order valence-corrected chi connectivity index (χ4v) is 4.04. The number of hydrogen-bond donors (Lipinski definition) is 1. The second kappa shape index (κ2) is 9.71. The minimum atomic E-state index is -3.44. The summed E-state index contributed by atoms with van der Waals surface area (Å²) < 4.78 is 36.0. The molecule has 34 heavy (non-hydrogen) atoms. The molecule has 4 rings (SSSR count). The van der Waals surface area contributed by atoms with Crippen molar-refractivity contribution in [1.29, 1.82) is 5.26 Å². The molecule has 0 saturated heterocycles. The van der Waals surface area contributed by atoms with E-state index in [1.165, 1.54) is 24.3 Å². The Bertz CT molecular complexity index is 1440. The van der Waals surface area contributed by atoms with Crippen LogP contribution < -0.4 is 10.1 Å². The number of nitrogens with one attached hydrogen (secondary N) is 1. The molecule has 0 atom stereocenters. The molecule has 10 heteroatoms. The summed E-state index contributed by atoms with van der Waals surface area (Å²) in [7, 11) is 0. The van der Waals surface area contributed by atoms with Gasteiger partial charge in [0.25, 0.3) is 17.7 Å². The van der Waals surface area contributed by atoms with E-state index in [0.29, 0.717) is 20.9 Å². The molecular formula is C24H14BrClF2N4O2. The van der Waals surface area contributed by atoms with Crippen molar-refractivity contribution in [1.82, 2.24) is 15.5 Å². The number of hydrogen-bond acceptors (Lipinski definition) is 5. The summed E-state index contributed by atoms with van der Waals surface area (Å²) in [4.78, 5) is 13.1. The van der Waals surface area contributed by atoms with E-state index in [4.69, 9.17) is 21.6 Å². The van der Waals surface area contributed by atoms with Crippen LogP contribution in [0.25, 0.3) is 10.9 Å². The molecule has 0 saturated carbocycles. The molecule has 1 N–H and O–H groups in total. The number of halogens is 4. The van der Waals surface area contributed by atoms with Gasteiger partial charge in [0.15, 0.2) is 0 Å². The topological polar surface area (TPSA) is 87.9 Å². The van der Waals surface area contributed by atoms with Crippen LogP contribution in [-0.4, -0.2) is 22.6 Å². The number of ether oxygens (including phenoxy) is 1. The van der Waals surface area contributed by atoms with Crippen LogP contribution >= 0.6 is 27.5 Å². The number of rotatable bonds is 6. The van der Waals surface area contributed by atoms with Gasteiger partial charge in [0.2, 0.25) is 0 Å². The van der Waals surface area contributed by atoms with Crippen molar-refractivity contribution in [2.75, 3.05) is 6.54 Å². The zero-order chi connectivity index (χ0) is 24.3. The third-order valence-electron chi connectivity index (χ3n) is 4.84. The number of carbonyl (C=O) groups is 1. The Morgan fingerprint density at radius 2 is 1.91 bits per heavy atom. The van der Waals surface area contributed by atoms with Crippen LogP contribution in [-0.2, 0) is 5.92 Å². The minimum absolute atomic E-state index is 0.0642. The van der Waals surface area contributed by atoms with E-state index in [2.05, 4.69) is 31.4 Å². The second-order valence-corrected chi connectivity index (χ2v) is 8.47. The fourth-order valence-electron chi connectivity index (χ4n) is 3.23. The Hall–Kier alpha value is -3.61. The van der Waals surface area contributed by atoms with E-state index >= 15 is 0 Å². The monoisotopic (exact) mass is 542 g/mol. The smallest absolute Gasteiger partial charge is 0.291 e. The van der Waals surface area contributed by atoms with Crippen molar-refractivity contribution >= 4 is 44.3 Å². The van der Waals surface area contributed by atoms with Crippen LogP contribution in [0.5, 0.6) is 11.6 Å². The Kier molecular flexibility index (Phi) is 6.72. The fraction of sp³-hybridized carbons (Fsp3) is 0.0833. The number of amides is 1. The molecule has 0 bridgehead atoms. The maximum atomic E-state index is 14.9. The predicted molar refractivity (Wildman–Crippen MR) is 126 cm³/mol. The molecule has 0 spiro atoms. The van der Waals surface area contributed by atoms with Gasteiger partial charge in [-0.05, 0) is 36.4 Å². The lowest BCUT2D eigenvalue weighted by molar-refractivity contribution is -0.00239. The summed E-state index contributed by atoms with van der Waals surface area (Å²) in [6.07, 6.45) is 0. The van der Waals surface area contributed by atoms with E-state index < -0.39 is 23.9 Å². The highest BCUT2D eigenvalue weighted by Crippen LogP contribution is 2.35. The minimum Gasteiger partial charge on any atom is -0.437 e. The Morgan fingerprint density at radius 1 is 1.12 bits per heavy atom. The second-order valence-electron chi connectivity index (χ2n) is 7.15. The first-order valence-electron chi connectivity index (χ1n) is 9.83. The van der Waals surface area contributed by atoms with E-state index in [0.717, 1.165) is 0 Å². The zero-order valence-corrected chi connectivity index (χ0v) is 19.6. The average molecular weight is 544 g/mol. The van der Waals surface area contributed by atoms with E-state index in [1.807, 2.05) is 6.07 Å². The van der Waals surface area contributed by atoms with Gasteiger partial charge in [0.1, 0.15) is 11.3 Å². The number of alkyl halides is 2. The molecule has 0 aliphatic carbocycles. The van der Waals surface area contributed by atoms with Gasteiger partial charge in [-0.1, -0.05) is 57.9 Å². The number of carbonyl (C=O) groups excluding carboxylic acids is 1. The van der Waals surface area contributed by atoms with Gasteiger partial charge in [0.05, 0.1) is 28.7 Å². The van der Waals surface area contributed by atoms with Gasteiger partial charge >= 0.3 is 0 Å². The molecule has 1 aromatic heterocycles. The maximum Gasteiger partial charge on any atom is 0.291 e. The van der Waals surface area contributed by atoms with Crippen molar-refractivity contribution in [2.24, 2.45) is 0 Å². The molecule has 0 radical (unpaired) electrons. The highest BCUT2D eigenvalue weighted by Gasteiger charge is 2.35. The Labute approximate surface area is 206 Å². The first kappa shape index (κ1) is 23.5. The van der Waals surface area contributed by atoms with Crippen LogP contribution in [0.15, 0.2) is 71.2 Å². The number of aromatic nitrogens is 2. The molecule has 0 unspecified atom stereocenters. The maximum absolute atomic E-state index is 14.9. The standard InChI is InChI=1S/C24H14BrClF2N4O2/c25-15-8-9-18(19(26)11-15)24(27,28)13-30-22(33)21-17-6-1-2-7-20(17)31-32-23(21)34-16-5-3-4-14(10-16)12-29/h1-11H,13H2,(H,30,33). The average Bonchev–Trinajstić information content (AvgIpc) is 2.82. The highest BCUT2D eigenvalue weighted by molar-refractivity contribution is 9.10. The molecule has 6 nitrogen and oxygen atoms in total. The summed E-state index contributed by atoms with van der Waals surface area (Å²) in [5, 5.41) is 19.6. The summed E-state index contributed by atoms with van der Waals surface area (Å²) in [6.45, 7) is -1.01. The van der Waals surface area contributed by atoms with E-state index in [1.54, 1.807) is 42.5 Å². The normalized spacial score (nSPS) is 11.1. The van der Waals surface area contributed by atoms with Crippen LogP contribution in [0.1, 0.15) is 21.5 Å². The number of nitrogens with zero attached hydrogens (tertiary/aromatic N) is 3. The van der Waals surface area contributed by atoms with Crippen LogP contribution in [0.4, 0.5) is 8.78 Å². The van der Waals surface area contributed by atoms with E-state index in [9.17, 15) is 13.6 Å². The van der Waals surface area contributed by atoms with Gasteiger partial charge in [-0.2, -0.15) is 14.0 Å². The van der Waals surface area contributed by atoms with Crippen molar-refractivity contribution in [3.63, 3.8) is 0 Å². The van der Waals surface area contributed by atoms with Gasteiger partial charge in [-0.25, -0.2) is 0 Å². The first-order chi connectivity index (χ1) is 16.3. The van der Waals surface area contributed by atoms with Crippen molar-refractivity contribution < 1.29 is 18.3 Å². The molecule has 0 aliphatic heterocycles. The van der Waals surface area contributed by atoms with Crippen molar-refractivity contribution in [3.05, 3.63) is 92.9 Å². The summed E-state index contributed by atoms with van der Waals surface area (Å²) in [5.74, 6) is -4.21. The quantitative estimate of drug-likeness (QED) is 0.311. The van der Waals surface area contributed by atoms with Crippen LogP contribution in [0, 0.1) is 11.3 Å². The van der Waals surface area contributed by atoms with Gasteiger partial charge in [-0.15, -0.1) is 10.2 Å². The lowest BCUT2D eigenvalue weighted by Gasteiger charge is -2.19. The van der Waals surface area contributed by atoms with Gasteiger partial charge in [-0.3, -0.25) is 4.79 Å². The third kappa shape index (κ3) is 4.98. The van der Waals surface area contributed by atoms with Gasteiger partial charge < -0.3 is 10.1 Å². The molecule has 0 fully saturated rings. The van der Waals surface area contributed by atoms with Crippen molar-refractivity contribution in [2.45, 2.75) is 5.92 Å². The van der Waals surface area contributed by atoms with E-state index in [-0.39, 0.29) is 22.2 Å². The summed E-state index contributed by atoms with van der Waals surface area (Å²) >= 11 is 9.16. The molecular weight excluding hydrogens is 530 g/mol. The van der Waals surface area contributed by atoms with Crippen LogP contribution in [0.3, 0.4) is 0 Å². The van der Waals surface area contributed by atoms with Gasteiger partial charge in [0, 0.05) is 15.4 Å². The lowest BCUT2D eigenvalue weighted by Crippen LogP contribution is -2.35. The Balaban J connectivity index is 1.67. The van der Waals surface area contributed by atoms with Crippen molar-refractivity contribution in [3.8, 4) is 17.7 Å². The molecule has 0 aliphatic rings. The van der Waals surface area contributed by atoms with Crippen LogP contribution in [0.2, 0.25) is 5.02 Å². The number of nitriles is 1. The zero-order valence-electron chi connectivity index (χ0n) is 17.2. The molecule has 170 valence electrons. The molecule has 4 aromatic rings. The SMILES string of the molecule is N#Cc1cccc(Oc2nnc3ccccc3c2C(=O)NCC(F)(F)c2ccc(Br)cc2Cl)c1. The molecule has 3 aromatic carbocycles. The Morgan fingerprint density at radius 3 is 2.68 bits per heavy atom. The molecule has 1 amide bonds.